The van der Waals surface area contributed by atoms with Gasteiger partial charge < -0.3 is 0 Å². The van der Waals surface area contributed by atoms with Crippen molar-refractivity contribution in [3.63, 3.8) is 0 Å². The Morgan fingerprint density at radius 2 is 1.52 bits per heavy atom. The molecule has 0 amide bonds. The number of allylic oxidation sites excluding steroid dienone is 1. The first-order chi connectivity index (χ1) is 15.3. The van der Waals surface area contributed by atoms with Crippen LogP contribution in [0.4, 0.5) is 0 Å². The van der Waals surface area contributed by atoms with E-state index in [4.69, 9.17) is 0 Å². The molecule has 0 spiro atoms. The van der Waals surface area contributed by atoms with Crippen molar-refractivity contribution < 1.29 is 8.42 Å². The van der Waals surface area contributed by atoms with E-state index in [2.05, 4.69) is 68.4 Å². The molecule has 0 unspecified atom stereocenters. The van der Waals surface area contributed by atoms with E-state index in [0.717, 1.165) is 16.3 Å². The molecule has 0 bridgehead atoms. The standard InChI is InChI=1S/C27H44N2O2SSi/c1-11-27(12-2)26(25(17-28)33(19(3)4,20(5)6)21(7)8)23(10)18-29(27)32(30,31)24-15-13-22(9)14-16-24/h13-16,19-21,23H,11-12,18H2,1-10H3/b26-25+/t23-/m1/s1. The van der Waals surface area contributed by atoms with Gasteiger partial charge in [-0.1, -0.05) is 80.0 Å². The highest BCUT2D eigenvalue weighted by Gasteiger charge is 2.57. The van der Waals surface area contributed by atoms with Gasteiger partial charge in [0.15, 0.2) is 0 Å². The summed E-state index contributed by atoms with van der Waals surface area (Å²) in [4.78, 5) is 0.339. The third kappa shape index (κ3) is 4.26. The molecule has 1 atom stereocenters. The number of nitriles is 1. The maximum atomic E-state index is 14.0. The molecule has 0 saturated carbocycles. The van der Waals surface area contributed by atoms with Crippen LogP contribution in [0.5, 0.6) is 0 Å². The Hall–Kier alpha value is -1.42. The molecule has 1 saturated heterocycles. The van der Waals surface area contributed by atoms with E-state index in [0.29, 0.717) is 40.9 Å². The van der Waals surface area contributed by atoms with Gasteiger partial charge in [0.2, 0.25) is 10.0 Å². The number of hydrogen-bond donors (Lipinski definition) is 0. The van der Waals surface area contributed by atoms with Gasteiger partial charge in [-0.2, -0.15) is 9.57 Å². The van der Waals surface area contributed by atoms with Crippen LogP contribution in [0.15, 0.2) is 39.9 Å². The first kappa shape index (κ1) is 27.8. The van der Waals surface area contributed by atoms with Crippen LogP contribution in [-0.4, -0.2) is 32.9 Å². The lowest BCUT2D eigenvalue weighted by Crippen LogP contribution is -2.51. The minimum Gasteiger partial charge on any atom is -0.207 e. The number of rotatable bonds is 8. The fourth-order valence-electron chi connectivity index (χ4n) is 6.99. The molecule has 184 valence electrons. The van der Waals surface area contributed by atoms with Crippen molar-refractivity contribution in [1.29, 1.82) is 5.26 Å². The van der Waals surface area contributed by atoms with Crippen LogP contribution in [0.2, 0.25) is 16.6 Å². The van der Waals surface area contributed by atoms with Crippen molar-refractivity contribution in [2.75, 3.05) is 6.54 Å². The molecule has 0 aromatic heterocycles. The molecular weight excluding hydrogens is 444 g/mol. The maximum Gasteiger partial charge on any atom is 0.243 e. The zero-order chi connectivity index (χ0) is 25.4. The fraction of sp³-hybridized carbons (Fsp3) is 0.667. The van der Waals surface area contributed by atoms with E-state index in [1.165, 1.54) is 0 Å². The number of sulfonamides is 1. The number of hydrogen-bond acceptors (Lipinski definition) is 3. The van der Waals surface area contributed by atoms with E-state index in [-0.39, 0.29) is 5.92 Å². The molecule has 6 heteroatoms. The molecule has 2 rings (SSSR count). The summed E-state index contributed by atoms with van der Waals surface area (Å²) in [5.41, 5.74) is 2.65. The lowest BCUT2D eigenvalue weighted by Gasteiger charge is -2.46. The monoisotopic (exact) mass is 488 g/mol. The van der Waals surface area contributed by atoms with Gasteiger partial charge in [0.25, 0.3) is 0 Å². The predicted octanol–water partition coefficient (Wildman–Crippen LogP) is 7.23. The minimum atomic E-state index is -3.70. The molecule has 4 nitrogen and oxygen atoms in total. The van der Waals surface area contributed by atoms with Crippen molar-refractivity contribution in [2.45, 2.75) is 109 Å². The van der Waals surface area contributed by atoms with Crippen LogP contribution in [0.3, 0.4) is 0 Å². The van der Waals surface area contributed by atoms with Crippen molar-refractivity contribution in [3.8, 4) is 6.07 Å². The summed E-state index contributed by atoms with van der Waals surface area (Å²) < 4.78 is 29.7. The Kier molecular flexibility index (Phi) is 8.48. The Morgan fingerprint density at radius 3 is 1.88 bits per heavy atom. The Morgan fingerprint density at radius 1 is 1.06 bits per heavy atom. The van der Waals surface area contributed by atoms with E-state index in [1.807, 2.05) is 19.1 Å². The lowest BCUT2D eigenvalue weighted by atomic mass is 9.82. The summed E-state index contributed by atoms with van der Waals surface area (Å²) >= 11 is 0. The van der Waals surface area contributed by atoms with Crippen LogP contribution in [0.1, 0.15) is 80.7 Å². The molecule has 0 radical (unpaired) electrons. The number of nitrogens with zero attached hydrogens (tertiary/aromatic N) is 2. The SMILES string of the molecule is CCC1(CC)/C(=C(\C#N)[Si](C(C)C)(C(C)C)C(C)C)[C@H](C)CN1S(=O)(=O)c1ccc(C)cc1. The second-order valence-electron chi connectivity index (χ2n) is 10.8. The molecule has 1 aliphatic rings. The fourth-order valence-corrected chi connectivity index (χ4v) is 15.8. The van der Waals surface area contributed by atoms with Crippen LogP contribution in [0, 0.1) is 24.2 Å². The second kappa shape index (κ2) is 10.1. The maximum absolute atomic E-state index is 14.0. The predicted molar refractivity (Wildman–Crippen MR) is 141 cm³/mol. The molecule has 1 aromatic carbocycles. The average molecular weight is 489 g/mol. The van der Waals surface area contributed by atoms with E-state index in [9.17, 15) is 13.7 Å². The van der Waals surface area contributed by atoms with Gasteiger partial charge in [-0.05, 0) is 60.0 Å². The molecule has 1 aromatic rings. The van der Waals surface area contributed by atoms with Crippen molar-refractivity contribution >= 4 is 18.1 Å². The molecule has 1 aliphatic heterocycles. The normalized spacial score (nSPS) is 21.2. The Balaban J connectivity index is 2.92. The lowest BCUT2D eigenvalue weighted by molar-refractivity contribution is 0.257. The van der Waals surface area contributed by atoms with E-state index >= 15 is 0 Å². The first-order valence-corrected chi connectivity index (χ1v) is 16.2. The average Bonchev–Trinajstić information content (AvgIpc) is 3.04. The summed E-state index contributed by atoms with van der Waals surface area (Å²) in [6, 6.07) is 9.87. The molecule has 0 N–H and O–H groups in total. The van der Waals surface area contributed by atoms with Gasteiger partial charge in [0, 0.05) is 11.7 Å². The summed E-state index contributed by atoms with van der Waals surface area (Å²) in [5, 5.41) is 11.7. The highest BCUT2D eigenvalue weighted by molar-refractivity contribution is 7.89. The van der Waals surface area contributed by atoms with E-state index < -0.39 is 23.6 Å². The summed E-state index contributed by atoms with van der Waals surface area (Å²) in [5.74, 6) is 0.0166. The quantitative estimate of drug-likeness (QED) is 0.286. The topological polar surface area (TPSA) is 61.2 Å². The third-order valence-corrected chi connectivity index (χ3v) is 17.3. The number of benzene rings is 1. The van der Waals surface area contributed by atoms with Crippen LogP contribution >= 0.6 is 0 Å². The van der Waals surface area contributed by atoms with Gasteiger partial charge in [0.1, 0.15) is 8.07 Å². The smallest absolute Gasteiger partial charge is 0.207 e. The van der Waals surface area contributed by atoms with Gasteiger partial charge in [-0.3, -0.25) is 0 Å². The summed E-state index contributed by atoms with van der Waals surface area (Å²) in [6.45, 7) is 22.3. The van der Waals surface area contributed by atoms with Crippen LogP contribution in [0.25, 0.3) is 0 Å². The van der Waals surface area contributed by atoms with E-state index in [1.54, 1.807) is 16.4 Å². The van der Waals surface area contributed by atoms with Crippen molar-refractivity contribution in [2.24, 2.45) is 5.92 Å². The third-order valence-electron chi connectivity index (χ3n) is 8.37. The first-order valence-electron chi connectivity index (χ1n) is 12.5. The van der Waals surface area contributed by atoms with Crippen LogP contribution < -0.4 is 0 Å². The van der Waals surface area contributed by atoms with Crippen molar-refractivity contribution in [1.82, 2.24) is 4.31 Å². The van der Waals surface area contributed by atoms with Gasteiger partial charge in [0.05, 0.1) is 16.5 Å². The summed E-state index contributed by atoms with van der Waals surface area (Å²) in [6.07, 6.45) is 1.33. The second-order valence-corrected chi connectivity index (χ2v) is 18.5. The molecule has 33 heavy (non-hydrogen) atoms. The molecule has 0 aliphatic carbocycles. The van der Waals surface area contributed by atoms with Crippen LogP contribution in [-0.2, 0) is 10.0 Å². The zero-order valence-corrected chi connectivity index (χ0v) is 24.2. The molecular formula is C27H44N2O2SSi. The van der Waals surface area contributed by atoms with Gasteiger partial charge in [-0.15, -0.1) is 0 Å². The number of aryl methyl sites for hydroxylation is 1. The summed E-state index contributed by atoms with van der Waals surface area (Å²) in [7, 11) is -5.96. The Labute approximate surface area is 204 Å². The molecule has 1 fully saturated rings. The largest absolute Gasteiger partial charge is 0.243 e. The highest BCUT2D eigenvalue weighted by Crippen LogP contribution is 2.54. The molecule has 1 heterocycles. The Bertz CT molecular complexity index is 991. The van der Waals surface area contributed by atoms with Gasteiger partial charge >= 0.3 is 0 Å². The minimum absolute atomic E-state index is 0.0166. The van der Waals surface area contributed by atoms with Crippen molar-refractivity contribution in [3.05, 3.63) is 40.6 Å². The van der Waals surface area contributed by atoms with Gasteiger partial charge in [-0.25, -0.2) is 8.42 Å². The highest BCUT2D eigenvalue weighted by atomic mass is 32.2. The zero-order valence-electron chi connectivity index (χ0n) is 22.4.